The molecule has 1 N–H and O–H groups in total. The predicted molar refractivity (Wildman–Crippen MR) is 135 cm³/mol. The molecule has 5 rings (SSSR count). The van der Waals surface area contributed by atoms with Crippen LogP contribution in [-0.4, -0.2) is 71.2 Å². The van der Waals surface area contributed by atoms with Crippen molar-refractivity contribution in [2.45, 2.75) is 44.6 Å². The molecule has 1 saturated heterocycles. The lowest BCUT2D eigenvalue weighted by molar-refractivity contribution is 0.0779. The van der Waals surface area contributed by atoms with Crippen molar-refractivity contribution in [3.05, 3.63) is 47.3 Å². The Hall–Kier alpha value is -2.55. The molecule has 2 aliphatic rings. The van der Waals surface area contributed by atoms with Gasteiger partial charge in [-0.15, -0.1) is 11.3 Å². The Labute approximate surface area is 205 Å². The van der Waals surface area contributed by atoms with E-state index in [1.54, 1.807) is 0 Å². The van der Waals surface area contributed by atoms with E-state index < -0.39 is 0 Å². The van der Waals surface area contributed by atoms with Crippen LogP contribution in [0.15, 0.2) is 47.0 Å². The maximum absolute atomic E-state index is 12.6. The van der Waals surface area contributed by atoms with Gasteiger partial charge in [-0.3, -0.25) is 9.69 Å². The zero-order valence-electron chi connectivity index (χ0n) is 19.6. The van der Waals surface area contributed by atoms with E-state index in [-0.39, 0.29) is 5.91 Å². The molecule has 180 valence electrons. The molecule has 3 heterocycles. The van der Waals surface area contributed by atoms with Gasteiger partial charge in [0.25, 0.3) is 11.8 Å². The number of thiophene rings is 1. The van der Waals surface area contributed by atoms with Crippen molar-refractivity contribution in [1.29, 1.82) is 0 Å². The van der Waals surface area contributed by atoms with E-state index in [0.717, 1.165) is 42.5 Å². The molecule has 0 atom stereocenters. The van der Waals surface area contributed by atoms with E-state index in [2.05, 4.69) is 25.3 Å². The van der Waals surface area contributed by atoms with Gasteiger partial charge in [-0.2, -0.15) is 4.98 Å². The van der Waals surface area contributed by atoms with Gasteiger partial charge in [0.05, 0.1) is 9.75 Å². The van der Waals surface area contributed by atoms with E-state index in [4.69, 9.17) is 4.52 Å². The molecule has 1 aliphatic carbocycles. The van der Waals surface area contributed by atoms with Crippen LogP contribution in [0.4, 0.5) is 0 Å². The number of aromatic nitrogens is 2. The molecular weight excluding hydrogens is 446 g/mol. The summed E-state index contributed by atoms with van der Waals surface area (Å²) in [5, 5.41) is 7.15. The third kappa shape index (κ3) is 5.74. The standard InChI is InChI=1S/C26H33N5O2S/c32-25(27-14-7-15-30-16-18-31(19-17-30)21-10-5-2-6-11-21)23-13-12-22(34-23)24-28-26(33-29-24)20-8-3-1-4-9-20/h1,3-4,8-9,12-13,21H,2,5-7,10-11,14-19H2,(H,27,32). The number of hydrogen-bond acceptors (Lipinski definition) is 7. The second kappa shape index (κ2) is 11.3. The van der Waals surface area contributed by atoms with Crippen molar-refractivity contribution in [2.24, 2.45) is 0 Å². The average Bonchev–Trinajstić information content (AvgIpc) is 3.58. The van der Waals surface area contributed by atoms with Gasteiger partial charge >= 0.3 is 0 Å². The molecule has 1 aromatic carbocycles. The fourth-order valence-corrected chi connectivity index (χ4v) is 5.84. The minimum absolute atomic E-state index is 0.0369. The minimum Gasteiger partial charge on any atom is -0.351 e. The molecule has 3 aromatic rings. The Balaban J connectivity index is 1.04. The number of amides is 1. The van der Waals surface area contributed by atoms with Gasteiger partial charge in [0, 0.05) is 44.3 Å². The SMILES string of the molecule is O=C(NCCCN1CCN(C2CCCCC2)CC1)c1ccc(-c2noc(-c3ccccc3)n2)s1. The molecule has 0 unspecified atom stereocenters. The van der Waals surface area contributed by atoms with E-state index >= 15 is 0 Å². The van der Waals surface area contributed by atoms with Crippen molar-refractivity contribution >= 4 is 17.2 Å². The Morgan fingerprint density at radius 3 is 2.62 bits per heavy atom. The first-order chi connectivity index (χ1) is 16.8. The summed E-state index contributed by atoms with van der Waals surface area (Å²) in [5.74, 6) is 0.954. The fourth-order valence-electron chi connectivity index (χ4n) is 4.99. The largest absolute Gasteiger partial charge is 0.351 e. The molecule has 1 saturated carbocycles. The van der Waals surface area contributed by atoms with Crippen molar-refractivity contribution in [1.82, 2.24) is 25.3 Å². The summed E-state index contributed by atoms with van der Waals surface area (Å²) in [4.78, 5) is 23.8. The minimum atomic E-state index is -0.0369. The topological polar surface area (TPSA) is 74.5 Å². The molecule has 1 amide bonds. The Morgan fingerprint density at radius 1 is 1.03 bits per heavy atom. The number of carbonyl (C=O) groups excluding carboxylic acids is 1. The molecule has 2 aromatic heterocycles. The highest BCUT2D eigenvalue weighted by molar-refractivity contribution is 7.17. The summed E-state index contributed by atoms with van der Waals surface area (Å²) in [7, 11) is 0. The molecule has 0 bridgehead atoms. The first-order valence-electron chi connectivity index (χ1n) is 12.5. The first kappa shape index (κ1) is 23.2. The number of nitrogens with zero attached hydrogens (tertiary/aromatic N) is 4. The van der Waals surface area contributed by atoms with E-state index in [1.165, 1.54) is 56.5 Å². The number of hydrogen-bond donors (Lipinski definition) is 1. The van der Waals surface area contributed by atoms with Gasteiger partial charge in [-0.05, 0) is 50.1 Å². The predicted octanol–water partition coefficient (Wildman–Crippen LogP) is 4.54. The zero-order valence-corrected chi connectivity index (χ0v) is 20.4. The van der Waals surface area contributed by atoms with Crippen LogP contribution < -0.4 is 5.32 Å². The van der Waals surface area contributed by atoms with Crippen LogP contribution in [0.25, 0.3) is 22.2 Å². The van der Waals surface area contributed by atoms with Crippen molar-refractivity contribution in [3.8, 4) is 22.2 Å². The number of rotatable bonds is 8. The number of nitrogens with one attached hydrogen (secondary N) is 1. The summed E-state index contributed by atoms with van der Waals surface area (Å²) in [5.41, 5.74) is 0.881. The van der Waals surface area contributed by atoms with E-state index in [1.807, 2.05) is 42.5 Å². The van der Waals surface area contributed by atoms with Gasteiger partial charge in [0.2, 0.25) is 5.82 Å². The van der Waals surface area contributed by atoms with Crippen LogP contribution in [0.3, 0.4) is 0 Å². The van der Waals surface area contributed by atoms with Gasteiger partial charge in [0.15, 0.2) is 0 Å². The van der Waals surface area contributed by atoms with Gasteiger partial charge < -0.3 is 14.7 Å². The Bertz CT molecular complexity index is 1050. The normalized spacial score (nSPS) is 18.2. The average molecular weight is 480 g/mol. The highest BCUT2D eigenvalue weighted by atomic mass is 32.1. The van der Waals surface area contributed by atoms with Gasteiger partial charge in [-0.25, -0.2) is 0 Å². The lowest BCUT2D eigenvalue weighted by atomic mass is 9.94. The van der Waals surface area contributed by atoms with E-state index in [0.29, 0.717) is 23.1 Å². The molecule has 0 spiro atoms. The zero-order chi connectivity index (χ0) is 23.2. The second-order valence-electron chi connectivity index (χ2n) is 9.23. The second-order valence-corrected chi connectivity index (χ2v) is 10.3. The van der Waals surface area contributed by atoms with Crippen LogP contribution in [0.2, 0.25) is 0 Å². The van der Waals surface area contributed by atoms with Crippen LogP contribution in [-0.2, 0) is 0 Å². The number of benzene rings is 1. The van der Waals surface area contributed by atoms with Crippen molar-refractivity contribution < 1.29 is 9.32 Å². The monoisotopic (exact) mass is 479 g/mol. The molecule has 7 nitrogen and oxygen atoms in total. The van der Waals surface area contributed by atoms with Gasteiger partial charge in [-0.1, -0.05) is 42.6 Å². The highest BCUT2D eigenvalue weighted by Gasteiger charge is 2.24. The Kier molecular flexibility index (Phi) is 7.68. The van der Waals surface area contributed by atoms with Crippen LogP contribution >= 0.6 is 11.3 Å². The maximum Gasteiger partial charge on any atom is 0.261 e. The summed E-state index contributed by atoms with van der Waals surface area (Å²) in [6.45, 7) is 6.41. The van der Waals surface area contributed by atoms with Gasteiger partial charge in [0.1, 0.15) is 0 Å². The van der Waals surface area contributed by atoms with Crippen molar-refractivity contribution in [3.63, 3.8) is 0 Å². The molecule has 34 heavy (non-hydrogen) atoms. The van der Waals surface area contributed by atoms with E-state index in [9.17, 15) is 4.79 Å². The third-order valence-electron chi connectivity index (χ3n) is 6.93. The molecule has 8 heteroatoms. The van der Waals surface area contributed by atoms with Crippen molar-refractivity contribution in [2.75, 3.05) is 39.3 Å². The molecular formula is C26H33N5O2S. The maximum atomic E-state index is 12.6. The summed E-state index contributed by atoms with van der Waals surface area (Å²) in [6, 6.07) is 14.2. The summed E-state index contributed by atoms with van der Waals surface area (Å²) < 4.78 is 5.39. The summed E-state index contributed by atoms with van der Waals surface area (Å²) in [6.07, 6.45) is 7.97. The third-order valence-corrected chi connectivity index (χ3v) is 8.01. The first-order valence-corrected chi connectivity index (χ1v) is 13.3. The lowest BCUT2D eigenvalue weighted by Crippen LogP contribution is -2.51. The van der Waals surface area contributed by atoms with Crippen LogP contribution in [0.1, 0.15) is 48.2 Å². The summed E-state index contributed by atoms with van der Waals surface area (Å²) >= 11 is 1.39. The molecule has 0 radical (unpaired) electrons. The smallest absolute Gasteiger partial charge is 0.261 e. The fraction of sp³-hybridized carbons (Fsp3) is 0.500. The quantitative estimate of drug-likeness (QED) is 0.478. The number of carbonyl (C=O) groups is 1. The van der Waals surface area contributed by atoms with Crippen LogP contribution in [0, 0.1) is 0 Å². The molecule has 1 aliphatic heterocycles. The Morgan fingerprint density at radius 2 is 1.82 bits per heavy atom. The highest BCUT2D eigenvalue weighted by Crippen LogP contribution is 2.28. The van der Waals surface area contributed by atoms with Crippen LogP contribution in [0.5, 0.6) is 0 Å². The number of piperazine rings is 1. The lowest BCUT2D eigenvalue weighted by Gasteiger charge is -2.40. The molecule has 2 fully saturated rings.